The Kier molecular flexibility index (Phi) is 5.32. The van der Waals surface area contributed by atoms with Gasteiger partial charge in [0.15, 0.2) is 0 Å². The number of pyridine rings is 1. The summed E-state index contributed by atoms with van der Waals surface area (Å²) >= 11 is 1.55. The number of nitro benzene ring substituents is 1. The predicted molar refractivity (Wildman–Crippen MR) is 118 cm³/mol. The first kappa shape index (κ1) is 19.4. The minimum Gasteiger partial charge on any atom is -0.267 e. The molecular weight excluding hydrogens is 400 g/mol. The molecule has 0 saturated heterocycles. The second-order valence-electron chi connectivity index (χ2n) is 6.50. The quantitative estimate of drug-likeness (QED) is 0.280. The van der Waals surface area contributed by atoms with Gasteiger partial charge in [0.2, 0.25) is 0 Å². The number of thiophene rings is 1. The highest BCUT2D eigenvalue weighted by Gasteiger charge is 2.14. The van der Waals surface area contributed by atoms with E-state index in [1.54, 1.807) is 36.5 Å². The monoisotopic (exact) mass is 416 g/mol. The summed E-state index contributed by atoms with van der Waals surface area (Å²) in [6.07, 6.45) is 0. The van der Waals surface area contributed by atoms with Gasteiger partial charge in [0.05, 0.1) is 32.3 Å². The van der Waals surface area contributed by atoms with Crippen LogP contribution in [-0.2, 0) is 0 Å². The summed E-state index contributed by atoms with van der Waals surface area (Å²) in [6.45, 7) is 1.68. The number of hydrogen-bond acceptors (Lipinski definition) is 6. The lowest BCUT2D eigenvalue weighted by Gasteiger charge is -2.08. The van der Waals surface area contributed by atoms with Crippen molar-refractivity contribution in [2.75, 3.05) is 0 Å². The zero-order chi connectivity index (χ0) is 21.1. The van der Waals surface area contributed by atoms with Gasteiger partial charge in [-0.2, -0.15) is 5.10 Å². The van der Waals surface area contributed by atoms with E-state index < -0.39 is 4.92 Å². The normalized spacial score (nSPS) is 11.4. The van der Waals surface area contributed by atoms with Gasteiger partial charge in [0, 0.05) is 23.1 Å². The molecular formula is C22H16N4O3S. The summed E-state index contributed by atoms with van der Waals surface area (Å²) in [5.74, 6) is -0.379. The maximum absolute atomic E-state index is 12.9. The van der Waals surface area contributed by atoms with Gasteiger partial charge in [-0.1, -0.05) is 36.4 Å². The molecule has 0 aliphatic rings. The van der Waals surface area contributed by atoms with Crippen LogP contribution in [0.4, 0.5) is 5.69 Å². The summed E-state index contributed by atoms with van der Waals surface area (Å²) in [5, 5.41) is 17.8. The van der Waals surface area contributed by atoms with E-state index in [0.717, 1.165) is 10.3 Å². The second kappa shape index (κ2) is 8.22. The Balaban J connectivity index is 1.67. The van der Waals surface area contributed by atoms with Gasteiger partial charge in [-0.05, 0) is 30.5 Å². The first-order chi connectivity index (χ1) is 14.5. The molecule has 1 amide bonds. The molecule has 2 heterocycles. The van der Waals surface area contributed by atoms with Crippen LogP contribution in [0.1, 0.15) is 22.8 Å². The summed E-state index contributed by atoms with van der Waals surface area (Å²) < 4.78 is 0. The zero-order valence-electron chi connectivity index (χ0n) is 15.9. The molecule has 0 aliphatic carbocycles. The number of aromatic nitrogens is 1. The van der Waals surface area contributed by atoms with Crippen molar-refractivity contribution >= 4 is 39.5 Å². The molecule has 0 fully saturated rings. The average Bonchev–Trinajstić information content (AvgIpc) is 3.31. The van der Waals surface area contributed by atoms with Crippen LogP contribution in [0.15, 0.2) is 77.2 Å². The van der Waals surface area contributed by atoms with E-state index in [9.17, 15) is 14.9 Å². The number of nitrogens with zero attached hydrogens (tertiary/aromatic N) is 3. The molecule has 0 radical (unpaired) electrons. The number of non-ortho nitro benzene ring substituents is 1. The second-order valence-corrected chi connectivity index (χ2v) is 7.44. The van der Waals surface area contributed by atoms with E-state index in [1.165, 1.54) is 12.1 Å². The summed E-state index contributed by atoms with van der Waals surface area (Å²) in [4.78, 5) is 29.1. The molecule has 0 unspecified atom stereocenters. The van der Waals surface area contributed by atoms with Gasteiger partial charge in [0.1, 0.15) is 0 Å². The van der Waals surface area contributed by atoms with Gasteiger partial charge in [0.25, 0.3) is 11.6 Å². The molecule has 0 aliphatic heterocycles. The molecule has 2 aromatic heterocycles. The smallest absolute Gasteiger partial charge is 0.267 e. The molecule has 0 atom stereocenters. The lowest BCUT2D eigenvalue weighted by atomic mass is 10.1. The Labute approximate surface area is 175 Å². The number of nitro groups is 1. The Hall–Kier alpha value is -3.91. The SMILES string of the molecule is C/C(=N\NC(=O)c1cc(-c2cccs2)nc2ccccc12)c1cccc([N+](=O)[O-])c1. The fraction of sp³-hybridized carbons (Fsp3) is 0.0455. The number of fused-ring (bicyclic) bond motifs is 1. The van der Waals surface area contributed by atoms with Gasteiger partial charge < -0.3 is 0 Å². The first-order valence-electron chi connectivity index (χ1n) is 9.06. The zero-order valence-corrected chi connectivity index (χ0v) is 16.7. The van der Waals surface area contributed by atoms with E-state index in [1.807, 2.05) is 41.8 Å². The standard InChI is InChI=1S/C22H16N4O3S/c1-14(15-6-4-7-16(12-15)26(28)29)24-25-22(27)18-13-20(21-10-5-11-30-21)23-19-9-3-2-8-17(18)19/h2-13H,1H3,(H,25,27)/b24-14+. The summed E-state index contributed by atoms with van der Waals surface area (Å²) in [6, 6.07) is 19.2. The minimum atomic E-state index is -0.468. The van der Waals surface area contributed by atoms with Crippen LogP contribution in [0.3, 0.4) is 0 Å². The maximum Gasteiger partial charge on any atom is 0.272 e. The number of amides is 1. The summed E-state index contributed by atoms with van der Waals surface area (Å²) in [7, 11) is 0. The van der Waals surface area contributed by atoms with Crippen LogP contribution < -0.4 is 5.43 Å². The maximum atomic E-state index is 12.9. The number of carbonyl (C=O) groups excluding carboxylic acids is 1. The van der Waals surface area contributed by atoms with E-state index in [2.05, 4.69) is 15.5 Å². The predicted octanol–water partition coefficient (Wildman–Crippen LogP) is 5.03. The van der Waals surface area contributed by atoms with Crippen LogP contribution in [-0.4, -0.2) is 21.5 Å². The highest BCUT2D eigenvalue weighted by molar-refractivity contribution is 7.13. The third-order valence-electron chi connectivity index (χ3n) is 4.53. The van der Waals surface area contributed by atoms with Crippen molar-refractivity contribution in [2.24, 2.45) is 5.10 Å². The molecule has 2 aromatic carbocycles. The van der Waals surface area contributed by atoms with Gasteiger partial charge in [-0.25, -0.2) is 10.4 Å². The molecule has 4 rings (SSSR count). The van der Waals surface area contributed by atoms with Crippen LogP contribution in [0, 0.1) is 10.1 Å². The fourth-order valence-corrected chi connectivity index (χ4v) is 3.70. The molecule has 148 valence electrons. The Morgan fingerprint density at radius 1 is 1.10 bits per heavy atom. The van der Waals surface area contributed by atoms with Gasteiger partial charge in [-0.15, -0.1) is 11.3 Å². The molecule has 0 spiro atoms. The number of nitrogens with one attached hydrogen (secondary N) is 1. The molecule has 1 N–H and O–H groups in total. The molecule has 0 saturated carbocycles. The number of rotatable bonds is 5. The number of benzene rings is 2. The number of carbonyl (C=O) groups is 1. The largest absolute Gasteiger partial charge is 0.272 e. The van der Waals surface area contributed by atoms with Crippen LogP contribution >= 0.6 is 11.3 Å². The number of hydrogen-bond donors (Lipinski definition) is 1. The molecule has 4 aromatic rings. The van der Waals surface area contributed by atoms with Crippen molar-refractivity contribution in [3.05, 3.63) is 93.4 Å². The minimum absolute atomic E-state index is 0.0332. The average molecular weight is 416 g/mol. The van der Waals surface area contributed by atoms with Crippen LogP contribution in [0.5, 0.6) is 0 Å². The third-order valence-corrected chi connectivity index (χ3v) is 5.43. The van der Waals surface area contributed by atoms with Crippen molar-refractivity contribution in [2.45, 2.75) is 6.92 Å². The van der Waals surface area contributed by atoms with Crippen LogP contribution in [0.25, 0.3) is 21.5 Å². The Morgan fingerprint density at radius 2 is 1.93 bits per heavy atom. The molecule has 7 nitrogen and oxygen atoms in total. The van der Waals surface area contributed by atoms with Crippen LogP contribution in [0.2, 0.25) is 0 Å². The lowest BCUT2D eigenvalue weighted by Crippen LogP contribution is -2.20. The van der Waals surface area contributed by atoms with E-state index >= 15 is 0 Å². The first-order valence-corrected chi connectivity index (χ1v) is 9.94. The topological polar surface area (TPSA) is 97.5 Å². The molecule has 8 heteroatoms. The highest BCUT2D eigenvalue weighted by atomic mass is 32.1. The third kappa shape index (κ3) is 3.94. The molecule has 0 bridgehead atoms. The number of hydrazone groups is 1. The van der Waals surface area contributed by atoms with Crippen molar-refractivity contribution in [1.82, 2.24) is 10.4 Å². The highest BCUT2D eigenvalue weighted by Crippen LogP contribution is 2.27. The van der Waals surface area contributed by atoms with E-state index in [4.69, 9.17) is 0 Å². The van der Waals surface area contributed by atoms with Crippen molar-refractivity contribution in [1.29, 1.82) is 0 Å². The Morgan fingerprint density at radius 3 is 2.70 bits per heavy atom. The van der Waals surface area contributed by atoms with Crippen molar-refractivity contribution in [3.8, 4) is 10.6 Å². The fourth-order valence-electron chi connectivity index (χ4n) is 3.02. The van der Waals surface area contributed by atoms with Gasteiger partial charge >= 0.3 is 0 Å². The van der Waals surface area contributed by atoms with Crippen molar-refractivity contribution < 1.29 is 9.72 Å². The lowest BCUT2D eigenvalue weighted by molar-refractivity contribution is -0.384. The summed E-state index contributed by atoms with van der Waals surface area (Å²) in [5.41, 5.74) is 5.44. The Bertz CT molecular complexity index is 1280. The van der Waals surface area contributed by atoms with E-state index in [-0.39, 0.29) is 11.6 Å². The van der Waals surface area contributed by atoms with Crippen molar-refractivity contribution in [3.63, 3.8) is 0 Å². The van der Waals surface area contributed by atoms with E-state index in [0.29, 0.717) is 28.0 Å². The molecule has 30 heavy (non-hydrogen) atoms. The number of para-hydroxylation sites is 1. The van der Waals surface area contributed by atoms with Gasteiger partial charge in [-0.3, -0.25) is 14.9 Å².